The van der Waals surface area contributed by atoms with Crippen molar-refractivity contribution in [2.24, 2.45) is 0 Å². The molecule has 0 bridgehead atoms. The van der Waals surface area contributed by atoms with Gasteiger partial charge in [0.2, 0.25) is 0 Å². The van der Waals surface area contributed by atoms with Gasteiger partial charge in [-0.1, -0.05) is 55.5 Å². The smallest absolute Gasteiger partial charge is 0.322 e. The minimum absolute atomic E-state index is 0.181. The third-order valence-electron chi connectivity index (χ3n) is 7.00. The van der Waals surface area contributed by atoms with Crippen molar-refractivity contribution in [1.82, 2.24) is 19.2 Å². The highest BCUT2D eigenvalue weighted by Gasteiger charge is 2.36. The molecule has 1 aliphatic heterocycles. The number of hydrogen-bond donors (Lipinski definition) is 1. The Morgan fingerprint density at radius 1 is 0.974 bits per heavy atom. The predicted octanol–water partition coefficient (Wildman–Crippen LogP) is 6.37. The van der Waals surface area contributed by atoms with E-state index in [1.807, 2.05) is 88.4 Å². The Kier molecular flexibility index (Phi) is 6.17. The van der Waals surface area contributed by atoms with Crippen molar-refractivity contribution in [2.75, 3.05) is 12.4 Å². The molecule has 7 heteroatoms. The van der Waals surface area contributed by atoms with E-state index in [9.17, 15) is 4.79 Å². The minimum atomic E-state index is -0.356. The van der Waals surface area contributed by atoms with Gasteiger partial charge in [0.05, 0.1) is 36.8 Å². The zero-order valence-corrected chi connectivity index (χ0v) is 21.4. The second-order valence-electron chi connectivity index (χ2n) is 9.26. The lowest BCUT2D eigenvalue weighted by molar-refractivity contribution is 0.194. The van der Waals surface area contributed by atoms with Crippen molar-refractivity contribution in [1.29, 1.82) is 0 Å². The first-order valence-corrected chi connectivity index (χ1v) is 12.8. The normalized spacial score (nSPS) is 14.4. The number of fused-ring (bicyclic) bond motifs is 3. The summed E-state index contributed by atoms with van der Waals surface area (Å²) in [5.74, 6) is 1.70. The molecule has 5 aromatic rings. The SMILES string of the molecule is CCc1nn(-c2ccccc2)c2c1CN(C(=O)Nc1ccccc1)[C@@H](c1cccc(OC)c1)c1cccn1-2. The lowest BCUT2D eigenvalue weighted by Gasteiger charge is -2.31. The molecule has 6 rings (SSSR count). The van der Waals surface area contributed by atoms with Gasteiger partial charge in [-0.25, -0.2) is 9.48 Å². The molecule has 0 spiro atoms. The van der Waals surface area contributed by atoms with Crippen LogP contribution >= 0.6 is 0 Å². The van der Waals surface area contributed by atoms with Crippen molar-refractivity contribution in [3.8, 4) is 17.3 Å². The number of rotatable bonds is 5. The highest BCUT2D eigenvalue weighted by atomic mass is 16.5. The van der Waals surface area contributed by atoms with Gasteiger partial charge < -0.3 is 19.5 Å². The molecule has 3 aromatic carbocycles. The second kappa shape index (κ2) is 9.94. The minimum Gasteiger partial charge on any atom is -0.497 e. The molecule has 0 unspecified atom stereocenters. The van der Waals surface area contributed by atoms with Crippen LogP contribution in [0.2, 0.25) is 0 Å². The van der Waals surface area contributed by atoms with Crippen molar-refractivity contribution >= 4 is 11.7 Å². The van der Waals surface area contributed by atoms with Gasteiger partial charge in [0.1, 0.15) is 11.6 Å². The summed E-state index contributed by atoms with van der Waals surface area (Å²) in [6.45, 7) is 2.50. The van der Waals surface area contributed by atoms with E-state index in [-0.39, 0.29) is 12.1 Å². The Bertz CT molecular complexity index is 1570. The number of ether oxygens (including phenoxy) is 1. The average molecular weight is 504 g/mol. The molecule has 0 saturated heterocycles. The Morgan fingerprint density at radius 2 is 1.74 bits per heavy atom. The Morgan fingerprint density at radius 3 is 2.47 bits per heavy atom. The molecule has 7 nitrogen and oxygen atoms in total. The van der Waals surface area contributed by atoms with Crippen LogP contribution in [-0.4, -0.2) is 32.4 Å². The topological polar surface area (TPSA) is 64.3 Å². The van der Waals surface area contributed by atoms with Gasteiger partial charge >= 0.3 is 6.03 Å². The lowest BCUT2D eigenvalue weighted by Crippen LogP contribution is -2.38. The summed E-state index contributed by atoms with van der Waals surface area (Å²) < 4.78 is 9.73. The number of urea groups is 1. The molecular weight excluding hydrogens is 474 g/mol. The summed E-state index contributed by atoms with van der Waals surface area (Å²) in [7, 11) is 1.66. The fourth-order valence-electron chi connectivity index (χ4n) is 5.23. The zero-order chi connectivity index (χ0) is 26.1. The van der Waals surface area contributed by atoms with E-state index in [0.29, 0.717) is 6.54 Å². The van der Waals surface area contributed by atoms with E-state index < -0.39 is 0 Å². The van der Waals surface area contributed by atoms with Crippen LogP contribution in [0.1, 0.15) is 35.5 Å². The van der Waals surface area contributed by atoms with Gasteiger partial charge in [-0.2, -0.15) is 5.10 Å². The number of nitrogens with one attached hydrogen (secondary N) is 1. The number of nitrogens with zero attached hydrogens (tertiary/aromatic N) is 4. The first-order chi connectivity index (χ1) is 18.7. The standard InChI is InChI=1S/C31H29N5O2/c1-3-27-26-21-35(31(37)32-23-13-6-4-7-14-23)29(22-12-10-17-25(20-22)38-2)28-18-11-19-34(28)30(26)36(33-27)24-15-8-5-9-16-24/h4-20,29H,3,21H2,1-2H3,(H,32,37)/t29-/m0/s1. The maximum Gasteiger partial charge on any atom is 0.322 e. The molecule has 1 N–H and O–H groups in total. The number of carbonyl (C=O) groups is 1. The molecule has 0 radical (unpaired) electrons. The summed E-state index contributed by atoms with van der Waals surface area (Å²) in [6.07, 6.45) is 2.80. The van der Waals surface area contributed by atoms with Crippen LogP contribution < -0.4 is 10.1 Å². The van der Waals surface area contributed by atoms with Crippen LogP contribution in [0.5, 0.6) is 5.75 Å². The summed E-state index contributed by atoms with van der Waals surface area (Å²) in [5, 5.41) is 8.14. The number of methoxy groups -OCH3 is 1. The molecule has 3 heterocycles. The molecular formula is C31H29N5O2. The van der Waals surface area contributed by atoms with Crippen LogP contribution in [0.3, 0.4) is 0 Å². The van der Waals surface area contributed by atoms with E-state index in [4.69, 9.17) is 9.84 Å². The van der Waals surface area contributed by atoms with Crippen molar-refractivity contribution in [2.45, 2.75) is 25.9 Å². The number of anilines is 1. The predicted molar refractivity (Wildman–Crippen MR) is 148 cm³/mol. The molecule has 1 aliphatic rings. The van der Waals surface area contributed by atoms with E-state index in [2.05, 4.69) is 41.2 Å². The summed E-state index contributed by atoms with van der Waals surface area (Å²) >= 11 is 0. The van der Waals surface area contributed by atoms with Gasteiger partial charge in [-0.15, -0.1) is 0 Å². The van der Waals surface area contributed by atoms with E-state index in [1.165, 1.54) is 0 Å². The molecule has 38 heavy (non-hydrogen) atoms. The zero-order valence-electron chi connectivity index (χ0n) is 21.4. The monoisotopic (exact) mass is 503 g/mol. The fourth-order valence-corrected chi connectivity index (χ4v) is 5.23. The number of amides is 2. The first-order valence-electron chi connectivity index (χ1n) is 12.8. The number of aromatic nitrogens is 3. The van der Waals surface area contributed by atoms with Gasteiger partial charge in [0, 0.05) is 17.4 Å². The molecule has 0 aliphatic carbocycles. The van der Waals surface area contributed by atoms with Crippen LogP contribution in [-0.2, 0) is 13.0 Å². The number of carbonyl (C=O) groups excluding carboxylic acids is 1. The van der Waals surface area contributed by atoms with Gasteiger partial charge in [0.25, 0.3) is 0 Å². The second-order valence-corrected chi connectivity index (χ2v) is 9.26. The third kappa shape index (κ3) is 4.12. The molecule has 2 aromatic heterocycles. The molecule has 190 valence electrons. The molecule has 0 fully saturated rings. The number of hydrogen-bond acceptors (Lipinski definition) is 3. The van der Waals surface area contributed by atoms with Crippen molar-refractivity contribution < 1.29 is 9.53 Å². The molecule has 0 saturated carbocycles. The highest BCUT2D eigenvalue weighted by Crippen LogP contribution is 2.39. The largest absolute Gasteiger partial charge is 0.497 e. The van der Waals surface area contributed by atoms with E-state index in [1.54, 1.807) is 7.11 Å². The Labute approximate surface area is 221 Å². The van der Waals surface area contributed by atoms with Gasteiger partial charge in [-0.3, -0.25) is 0 Å². The number of aryl methyl sites for hydroxylation is 1. The third-order valence-corrected chi connectivity index (χ3v) is 7.00. The van der Waals surface area contributed by atoms with E-state index >= 15 is 0 Å². The van der Waals surface area contributed by atoms with Crippen molar-refractivity contribution in [3.05, 3.63) is 126 Å². The van der Waals surface area contributed by atoms with Gasteiger partial charge in [-0.05, 0) is 60.5 Å². The average Bonchev–Trinajstić information content (AvgIpc) is 3.55. The van der Waals surface area contributed by atoms with Crippen LogP contribution in [0.25, 0.3) is 11.5 Å². The Hall–Kier alpha value is -4.78. The first kappa shape index (κ1) is 23.6. The summed E-state index contributed by atoms with van der Waals surface area (Å²) in [5.41, 5.74) is 5.66. The van der Waals surface area contributed by atoms with Crippen LogP contribution in [0.15, 0.2) is 103 Å². The summed E-state index contributed by atoms with van der Waals surface area (Å²) in [4.78, 5) is 15.9. The van der Waals surface area contributed by atoms with E-state index in [0.717, 1.165) is 51.9 Å². The van der Waals surface area contributed by atoms with Crippen LogP contribution in [0.4, 0.5) is 10.5 Å². The highest BCUT2D eigenvalue weighted by molar-refractivity contribution is 5.90. The summed E-state index contributed by atoms with van der Waals surface area (Å²) in [6, 6.07) is 31.2. The maximum absolute atomic E-state index is 14.0. The quantitative estimate of drug-likeness (QED) is 0.303. The lowest BCUT2D eigenvalue weighted by atomic mass is 10.0. The Balaban J connectivity index is 1.56. The number of benzene rings is 3. The van der Waals surface area contributed by atoms with Gasteiger partial charge in [0.15, 0.2) is 0 Å². The van der Waals surface area contributed by atoms with Crippen LogP contribution in [0, 0.1) is 0 Å². The maximum atomic E-state index is 14.0. The fraction of sp³-hybridized carbons (Fsp3) is 0.161. The number of para-hydroxylation sites is 2. The molecule has 1 atom stereocenters. The van der Waals surface area contributed by atoms with Crippen molar-refractivity contribution in [3.63, 3.8) is 0 Å². The molecule has 2 amide bonds.